The van der Waals surface area contributed by atoms with Gasteiger partial charge in [0.1, 0.15) is 16.9 Å². The molecule has 0 aliphatic rings. The molecule has 0 radical (unpaired) electrons. The van der Waals surface area contributed by atoms with Crippen molar-refractivity contribution >= 4 is 41.3 Å². The second-order valence-corrected chi connectivity index (χ2v) is 6.83. The van der Waals surface area contributed by atoms with E-state index in [1.165, 1.54) is 10.4 Å². The number of thiazole rings is 1. The average molecular weight is 474 g/mol. The number of aryl methyl sites for hydroxylation is 2. The van der Waals surface area contributed by atoms with Crippen molar-refractivity contribution in [3.05, 3.63) is 45.9 Å². The van der Waals surface area contributed by atoms with Crippen molar-refractivity contribution in [2.45, 2.75) is 39.8 Å². The van der Waals surface area contributed by atoms with E-state index in [1.807, 2.05) is 31.3 Å². The molecule has 1 atom stereocenters. The van der Waals surface area contributed by atoms with Crippen LogP contribution in [0.25, 0.3) is 0 Å². The van der Waals surface area contributed by atoms with Gasteiger partial charge < -0.3 is 15.4 Å². The highest BCUT2D eigenvalue weighted by molar-refractivity contribution is 14.0. The predicted molar refractivity (Wildman–Crippen MR) is 116 cm³/mol. The third-order valence-electron chi connectivity index (χ3n) is 3.46. The zero-order valence-electron chi connectivity index (χ0n) is 15.2. The lowest BCUT2D eigenvalue weighted by Crippen LogP contribution is -2.41. The van der Waals surface area contributed by atoms with E-state index in [0.717, 1.165) is 23.1 Å². The highest BCUT2D eigenvalue weighted by Gasteiger charge is 2.07. The maximum Gasteiger partial charge on any atom is 0.191 e. The minimum atomic E-state index is 0. The molecule has 25 heavy (non-hydrogen) atoms. The molecule has 1 aromatic heterocycles. The average Bonchev–Trinajstić information content (AvgIpc) is 3.03. The standard InChI is InChI=1S/C18H26N4OS.HI/c1-5-16-11-20-17(24-16)12-22-18(19-4)21-10-14(3)23-15-8-6-7-13(2)9-15;/h6-9,11,14H,5,10,12H2,1-4H3,(H2,19,21,22);1H. The van der Waals surface area contributed by atoms with Gasteiger partial charge in [-0.2, -0.15) is 0 Å². The van der Waals surface area contributed by atoms with Crippen LogP contribution >= 0.6 is 35.3 Å². The molecule has 0 aliphatic carbocycles. The Bertz CT molecular complexity index is 675. The van der Waals surface area contributed by atoms with Crippen molar-refractivity contribution in [1.29, 1.82) is 0 Å². The van der Waals surface area contributed by atoms with E-state index in [4.69, 9.17) is 4.74 Å². The van der Waals surface area contributed by atoms with Crippen LogP contribution < -0.4 is 15.4 Å². The number of hydrogen-bond acceptors (Lipinski definition) is 4. The number of ether oxygens (including phenoxy) is 1. The van der Waals surface area contributed by atoms with Crippen LogP contribution in [0.5, 0.6) is 5.75 Å². The maximum atomic E-state index is 5.92. The second-order valence-electron chi connectivity index (χ2n) is 5.63. The molecule has 5 nitrogen and oxygen atoms in total. The van der Waals surface area contributed by atoms with Crippen LogP contribution in [-0.4, -0.2) is 30.6 Å². The Kier molecular flexibility index (Phi) is 9.81. The lowest BCUT2D eigenvalue weighted by molar-refractivity contribution is 0.223. The predicted octanol–water partition coefficient (Wildman–Crippen LogP) is 3.76. The van der Waals surface area contributed by atoms with Gasteiger partial charge in [0.15, 0.2) is 5.96 Å². The van der Waals surface area contributed by atoms with Gasteiger partial charge in [-0.3, -0.25) is 4.99 Å². The number of halogens is 1. The number of guanidine groups is 1. The van der Waals surface area contributed by atoms with Crippen LogP contribution in [0, 0.1) is 6.92 Å². The lowest BCUT2D eigenvalue weighted by atomic mass is 10.2. The first-order valence-electron chi connectivity index (χ1n) is 8.22. The highest BCUT2D eigenvalue weighted by atomic mass is 127. The summed E-state index contributed by atoms with van der Waals surface area (Å²) in [6.07, 6.45) is 3.01. The molecule has 7 heteroatoms. The molecule has 0 saturated carbocycles. The fraction of sp³-hybridized carbons (Fsp3) is 0.444. The summed E-state index contributed by atoms with van der Waals surface area (Å²) in [6, 6.07) is 8.08. The van der Waals surface area contributed by atoms with Crippen molar-refractivity contribution in [1.82, 2.24) is 15.6 Å². The van der Waals surface area contributed by atoms with Crippen molar-refractivity contribution in [3.63, 3.8) is 0 Å². The molecule has 0 saturated heterocycles. The normalized spacial score (nSPS) is 12.2. The van der Waals surface area contributed by atoms with E-state index < -0.39 is 0 Å². The number of nitrogens with one attached hydrogen (secondary N) is 2. The Balaban J connectivity index is 0.00000312. The van der Waals surface area contributed by atoms with E-state index in [-0.39, 0.29) is 30.1 Å². The molecule has 2 aromatic rings. The molecule has 2 rings (SSSR count). The number of hydrogen-bond donors (Lipinski definition) is 2. The van der Waals surface area contributed by atoms with E-state index in [2.05, 4.69) is 40.5 Å². The van der Waals surface area contributed by atoms with Gasteiger partial charge in [-0.15, -0.1) is 35.3 Å². The molecule has 0 spiro atoms. The molecule has 2 N–H and O–H groups in total. The SMILES string of the molecule is CCc1cnc(CNC(=NC)NCC(C)Oc2cccc(C)c2)s1.I. The second kappa shape index (κ2) is 11.3. The number of aromatic nitrogens is 1. The number of nitrogens with zero attached hydrogens (tertiary/aromatic N) is 2. The van der Waals surface area contributed by atoms with E-state index >= 15 is 0 Å². The van der Waals surface area contributed by atoms with Crippen LogP contribution in [-0.2, 0) is 13.0 Å². The number of benzene rings is 1. The minimum absolute atomic E-state index is 0. The summed E-state index contributed by atoms with van der Waals surface area (Å²) in [5.74, 6) is 1.64. The largest absolute Gasteiger partial charge is 0.489 e. The topological polar surface area (TPSA) is 58.5 Å². The monoisotopic (exact) mass is 474 g/mol. The summed E-state index contributed by atoms with van der Waals surface area (Å²) in [5, 5.41) is 7.64. The quantitative estimate of drug-likeness (QED) is 0.365. The Hall–Kier alpha value is -1.35. The van der Waals surface area contributed by atoms with Gasteiger partial charge in [0.2, 0.25) is 0 Å². The van der Waals surface area contributed by atoms with E-state index in [9.17, 15) is 0 Å². The molecule has 1 aromatic carbocycles. The Labute approximate surface area is 171 Å². The van der Waals surface area contributed by atoms with Crippen molar-refractivity contribution in [2.75, 3.05) is 13.6 Å². The van der Waals surface area contributed by atoms with Crippen LogP contribution in [0.15, 0.2) is 35.5 Å². The summed E-state index contributed by atoms with van der Waals surface area (Å²) >= 11 is 1.73. The van der Waals surface area contributed by atoms with Crippen LogP contribution in [0.1, 0.15) is 29.3 Å². The van der Waals surface area contributed by atoms with Gasteiger partial charge in [0, 0.05) is 18.1 Å². The van der Waals surface area contributed by atoms with Crippen LogP contribution in [0.3, 0.4) is 0 Å². The molecule has 138 valence electrons. The molecule has 1 heterocycles. The number of rotatable bonds is 7. The summed E-state index contributed by atoms with van der Waals surface area (Å²) < 4.78 is 5.92. The third-order valence-corrected chi connectivity index (χ3v) is 4.61. The van der Waals surface area contributed by atoms with Crippen molar-refractivity contribution in [3.8, 4) is 5.75 Å². The highest BCUT2D eigenvalue weighted by Crippen LogP contribution is 2.14. The Morgan fingerprint density at radius 3 is 2.80 bits per heavy atom. The van der Waals surface area contributed by atoms with Crippen LogP contribution in [0.2, 0.25) is 0 Å². The lowest BCUT2D eigenvalue weighted by Gasteiger charge is -2.17. The van der Waals surface area contributed by atoms with E-state index in [0.29, 0.717) is 13.1 Å². The summed E-state index contributed by atoms with van der Waals surface area (Å²) in [7, 11) is 1.76. The van der Waals surface area contributed by atoms with Gasteiger partial charge in [0.25, 0.3) is 0 Å². The summed E-state index contributed by atoms with van der Waals surface area (Å²) in [4.78, 5) is 9.94. The fourth-order valence-electron chi connectivity index (χ4n) is 2.18. The third kappa shape index (κ3) is 7.60. The molecule has 1 unspecified atom stereocenters. The van der Waals surface area contributed by atoms with E-state index in [1.54, 1.807) is 18.4 Å². The molecule has 0 aliphatic heterocycles. The minimum Gasteiger partial charge on any atom is -0.489 e. The van der Waals surface area contributed by atoms with Gasteiger partial charge in [0.05, 0.1) is 13.1 Å². The fourth-order valence-corrected chi connectivity index (χ4v) is 2.98. The number of aliphatic imine (C=N–C) groups is 1. The van der Waals surface area contributed by atoms with Crippen molar-refractivity contribution in [2.24, 2.45) is 4.99 Å². The van der Waals surface area contributed by atoms with Crippen LogP contribution in [0.4, 0.5) is 0 Å². The molecular weight excluding hydrogens is 447 g/mol. The Morgan fingerprint density at radius 2 is 2.16 bits per heavy atom. The first-order valence-corrected chi connectivity index (χ1v) is 9.03. The van der Waals surface area contributed by atoms with Gasteiger partial charge >= 0.3 is 0 Å². The first kappa shape index (κ1) is 21.7. The summed E-state index contributed by atoms with van der Waals surface area (Å²) in [5.41, 5.74) is 1.19. The molecule has 0 fully saturated rings. The van der Waals surface area contributed by atoms with Gasteiger partial charge in [-0.25, -0.2) is 4.98 Å². The zero-order valence-corrected chi connectivity index (χ0v) is 18.4. The summed E-state index contributed by atoms with van der Waals surface area (Å²) in [6.45, 7) is 7.59. The van der Waals surface area contributed by atoms with Crippen molar-refractivity contribution < 1.29 is 4.74 Å². The molecule has 0 amide bonds. The Morgan fingerprint density at radius 1 is 1.36 bits per heavy atom. The maximum absolute atomic E-state index is 5.92. The zero-order chi connectivity index (χ0) is 17.4. The van der Waals surface area contributed by atoms with Gasteiger partial charge in [-0.05, 0) is 38.0 Å². The molecular formula is C18H27IN4OS. The smallest absolute Gasteiger partial charge is 0.191 e. The van der Waals surface area contributed by atoms with Gasteiger partial charge in [-0.1, -0.05) is 19.1 Å². The first-order chi connectivity index (χ1) is 11.6. The molecule has 0 bridgehead atoms.